The molecule has 0 bridgehead atoms. The van der Waals surface area contributed by atoms with Crippen molar-refractivity contribution in [2.24, 2.45) is 0 Å². The Balaban J connectivity index is 1.37. The van der Waals surface area contributed by atoms with E-state index in [2.05, 4.69) is 52.9 Å². The van der Waals surface area contributed by atoms with Gasteiger partial charge in [-0.05, 0) is 49.6 Å². The summed E-state index contributed by atoms with van der Waals surface area (Å²) in [7, 11) is 0. The number of benzene rings is 2. The van der Waals surface area contributed by atoms with Gasteiger partial charge in [0.1, 0.15) is 16.9 Å². The second-order valence-electron chi connectivity index (χ2n) is 8.10. The quantitative estimate of drug-likeness (QED) is 0.316. The lowest BCUT2D eigenvalue weighted by molar-refractivity contribution is -0.138. The van der Waals surface area contributed by atoms with Crippen LogP contribution in [0, 0.1) is 0 Å². The predicted octanol–water partition coefficient (Wildman–Crippen LogP) is 4.99. The number of hydrogen-bond donors (Lipinski definition) is 3. The van der Waals surface area contributed by atoms with Crippen LogP contribution in [-0.2, 0) is 11.2 Å². The number of carboxylic acids is 1. The number of hydrogen-bond acceptors (Lipinski definition) is 6. The van der Waals surface area contributed by atoms with Crippen molar-refractivity contribution in [3.63, 3.8) is 0 Å². The number of nitrogens with one attached hydrogen (secondary N) is 2. The minimum atomic E-state index is -1.08. The average molecular weight is 475 g/mol. The van der Waals surface area contributed by atoms with Crippen LogP contribution < -0.4 is 10.6 Å². The number of carbonyl (C=O) groups is 2. The Morgan fingerprint density at radius 2 is 1.82 bits per heavy atom. The van der Waals surface area contributed by atoms with Gasteiger partial charge in [-0.15, -0.1) is 11.3 Å². The molecule has 3 N–H and O–H groups in total. The van der Waals surface area contributed by atoms with Crippen molar-refractivity contribution in [2.45, 2.75) is 38.8 Å². The second-order valence-corrected chi connectivity index (χ2v) is 9.13. The number of pyridine rings is 1. The Morgan fingerprint density at radius 3 is 2.47 bits per heavy atom. The van der Waals surface area contributed by atoms with E-state index >= 15 is 0 Å². The summed E-state index contributed by atoms with van der Waals surface area (Å²) in [6.07, 6.45) is 3.18. The molecule has 8 heteroatoms. The van der Waals surface area contributed by atoms with E-state index in [1.54, 1.807) is 23.5 Å². The molecule has 0 fully saturated rings. The summed E-state index contributed by atoms with van der Waals surface area (Å²) in [5.41, 5.74) is 3.66. The molecule has 0 spiro atoms. The number of rotatable bonds is 9. The van der Waals surface area contributed by atoms with Gasteiger partial charge in [-0.2, -0.15) is 0 Å². The molecule has 0 aliphatic heterocycles. The number of anilines is 1. The Kier molecular flexibility index (Phi) is 7.18. The van der Waals surface area contributed by atoms with Gasteiger partial charge in [-0.1, -0.05) is 43.3 Å². The van der Waals surface area contributed by atoms with E-state index in [-0.39, 0.29) is 6.04 Å². The maximum absolute atomic E-state index is 12.1. The summed E-state index contributed by atoms with van der Waals surface area (Å²) >= 11 is 1.69. The zero-order chi connectivity index (χ0) is 24.1. The van der Waals surface area contributed by atoms with Crippen LogP contribution in [0.4, 0.5) is 5.82 Å². The van der Waals surface area contributed by atoms with Crippen molar-refractivity contribution in [2.75, 3.05) is 5.32 Å². The van der Waals surface area contributed by atoms with Gasteiger partial charge in [-0.25, -0.2) is 9.97 Å². The summed E-state index contributed by atoms with van der Waals surface area (Å²) < 4.78 is 1.18. The van der Waals surface area contributed by atoms with Crippen molar-refractivity contribution >= 4 is 39.2 Å². The molecule has 0 aliphatic carbocycles. The number of thiazole rings is 1. The predicted molar refractivity (Wildman–Crippen MR) is 135 cm³/mol. The van der Waals surface area contributed by atoms with E-state index in [1.807, 2.05) is 18.2 Å². The van der Waals surface area contributed by atoms with Crippen LogP contribution in [-0.4, -0.2) is 39.0 Å². The highest BCUT2D eigenvalue weighted by atomic mass is 32.1. The molecule has 4 rings (SSSR count). The Morgan fingerprint density at radius 1 is 1.06 bits per heavy atom. The molecule has 2 aromatic carbocycles. The Hall–Kier alpha value is -3.78. The van der Waals surface area contributed by atoms with E-state index in [0.717, 1.165) is 28.9 Å². The van der Waals surface area contributed by atoms with Crippen LogP contribution in [0.5, 0.6) is 0 Å². The molecule has 2 aromatic heterocycles. The van der Waals surface area contributed by atoms with Crippen LogP contribution in [0.3, 0.4) is 0 Å². The zero-order valence-corrected chi connectivity index (χ0v) is 19.8. The van der Waals surface area contributed by atoms with Gasteiger partial charge in [0.15, 0.2) is 0 Å². The minimum absolute atomic E-state index is 0.174. The molecule has 0 aliphatic rings. The van der Waals surface area contributed by atoms with Crippen molar-refractivity contribution in [1.82, 2.24) is 15.3 Å². The van der Waals surface area contributed by atoms with Crippen molar-refractivity contribution in [3.05, 3.63) is 78.0 Å². The first kappa shape index (κ1) is 23.4. The van der Waals surface area contributed by atoms with Gasteiger partial charge in [0.2, 0.25) is 0 Å². The fourth-order valence-corrected chi connectivity index (χ4v) is 4.50. The van der Waals surface area contributed by atoms with Crippen LogP contribution >= 0.6 is 11.3 Å². The molecule has 2 atom stereocenters. The first-order valence-electron chi connectivity index (χ1n) is 11.1. The molecule has 1 amide bonds. The van der Waals surface area contributed by atoms with Crippen LogP contribution in [0.2, 0.25) is 0 Å². The van der Waals surface area contributed by atoms with Crippen molar-refractivity contribution < 1.29 is 14.7 Å². The Labute approximate surface area is 201 Å². The van der Waals surface area contributed by atoms with Crippen molar-refractivity contribution in [1.29, 1.82) is 0 Å². The summed E-state index contributed by atoms with van der Waals surface area (Å²) in [5, 5.41) is 15.8. The normalized spacial score (nSPS) is 12.8. The molecular formula is C26H26N4O3S. The third-order valence-electron chi connectivity index (χ3n) is 5.57. The van der Waals surface area contributed by atoms with E-state index in [9.17, 15) is 9.59 Å². The van der Waals surface area contributed by atoms with Crippen LogP contribution in [0.25, 0.3) is 20.8 Å². The third kappa shape index (κ3) is 5.58. The lowest BCUT2D eigenvalue weighted by Gasteiger charge is -2.18. The fraction of sp³-hybridized carbons (Fsp3) is 0.231. The third-order valence-corrected chi connectivity index (χ3v) is 6.65. The minimum Gasteiger partial charge on any atom is -0.480 e. The topological polar surface area (TPSA) is 104 Å². The van der Waals surface area contributed by atoms with E-state index in [1.165, 1.54) is 23.4 Å². The van der Waals surface area contributed by atoms with E-state index in [0.29, 0.717) is 11.4 Å². The number of carbonyl (C=O) groups excluding carboxylic acids is 1. The smallest absolute Gasteiger partial charge is 0.325 e. The lowest BCUT2D eigenvalue weighted by atomic mass is 10.0. The van der Waals surface area contributed by atoms with Gasteiger partial charge in [0.05, 0.1) is 15.8 Å². The highest BCUT2D eigenvalue weighted by Gasteiger charge is 2.16. The van der Waals surface area contributed by atoms with Gasteiger partial charge < -0.3 is 15.7 Å². The van der Waals surface area contributed by atoms with Gasteiger partial charge >= 0.3 is 5.97 Å². The number of nitrogens with zero attached hydrogens (tertiary/aromatic N) is 2. The largest absolute Gasteiger partial charge is 0.480 e. The number of amides is 1. The van der Waals surface area contributed by atoms with Gasteiger partial charge in [0, 0.05) is 17.8 Å². The average Bonchev–Trinajstić information content (AvgIpc) is 3.28. The highest BCUT2D eigenvalue weighted by Crippen LogP contribution is 2.30. The molecule has 0 saturated heterocycles. The highest BCUT2D eigenvalue weighted by molar-refractivity contribution is 7.21. The molecular weight excluding hydrogens is 448 g/mol. The summed E-state index contributed by atoms with van der Waals surface area (Å²) in [6, 6.07) is 19.2. The standard InChI is InChI=1S/C26H26N4O3S/c1-3-20(29-23-13-12-19(15-27-23)24(31)28-16(2)26(32)33)14-17-8-10-18(11-9-17)25-30-21-6-4-5-7-22(21)34-25/h4-13,15-16,20H,3,14H2,1-2H3,(H,27,29)(H,28,31)(H,32,33)/t16-,20?/m0/s1. The van der Waals surface area contributed by atoms with E-state index < -0.39 is 17.9 Å². The molecule has 174 valence electrons. The first-order valence-corrected chi connectivity index (χ1v) is 12.0. The summed E-state index contributed by atoms with van der Waals surface area (Å²) in [6.45, 7) is 3.53. The molecule has 0 radical (unpaired) electrons. The van der Waals surface area contributed by atoms with Gasteiger partial charge in [0.25, 0.3) is 5.91 Å². The summed E-state index contributed by atoms with van der Waals surface area (Å²) in [5.74, 6) is -0.881. The van der Waals surface area contributed by atoms with E-state index in [4.69, 9.17) is 10.1 Å². The van der Waals surface area contributed by atoms with Crippen LogP contribution in [0.15, 0.2) is 66.9 Å². The molecule has 4 aromatic rings. The fourth-order valence-electron chi connectivity index (χ4n) is 3.53. The number of aliphatic carboxylic acids is 1. The maximum Gasteiger partial charge on any atom is 0.325 e. The molecule has 1 unspecified atom stereocenters. The number of para-hydroxylation sites is 1. The number of fused-ring (bicyclic) bond motifs is 1. The molecule has 34 heavy (non-hydrogen) atoms. The SMILES string of the molecule is CCC(Cc1ccc(-c2nc3ccccc3s2)cc1)Nc1ccc(C(=O)N[C@@H](C)C(=O)O)cn1. The van der Waals surface area contributed by atoms with Crippen molar-refractivity contribution in [3.8, 4) is 10.6 Å². The molecule has 7 nitrogen and oxygen atoms in total. The lowest BCUT2D eigenvalue weighted by Crippen LogP contribution is -2.38. The monoisotopic (exact) mass is 474 g/mol. The first-order chi connectivity index (χ1) is 16.4. The zero-order valence-electron chi connectivity index (χ0n) is 19.0. The summed E-state index contributed by atoms with van der Waals surface area (Å²) in [4.78, 5) is 32.1. The van der Waals surface area contributed by atoms with Gasteiger partial charge in [-0.3, -0.25) is 9.59 Å². The van der Waals surface area contributed by atoms with Crippen LogP contribution in [0.1, 0.15) is 36.2 Å². The number of carboxylic acid groups (broad SMARTS) is 1. The molecule has 0 saturated carbocycles. The Bertz CT molecular complexity index is 1250. The maximum atomic E-state index is 12.1. The second kappa shape index (κ2) is 10.4. The molecule has 2 heterocycles. The number of aromatic nitrogens is 2.